The van der Waals surface area contributed by atoms with Crippen LogP contribution in [0.1, 0.15) is 33.1 Å². The number of amides is 1. The van der Waals surface area contributed by atoms with Gasteiger partial charge in [-0.25, -0.2) is 0 Å². The van der Waals surface area contributed by atoms with Gasteiger partial charge in [-0.2, -0.15) is 0 Å². The average Bonchev–Trinajstić information content (AvgIpc) is 2.26. The first-order valence-corrected chi connectivity index (χ1v) is 5.78. The highest BCUT2D eigenvalue weighted by molar-refractivity contribution is 5.82. The van der Waals surface area contributed by atoms with Crippen LogP contribution >= 0.6 is 0 Å². The normalized spacial score (nSPS) is 22.1. The second-order valence-corrected chi connectivity index (χ2v) is 4.44. The number of carbonyl (C=O) groups excluding carboxylic acids is 1. The van der Waals surface area contributed by atoms with E-state index in [0.717, 1.165) is 32.4 Å². The van der Waals surface area contributed by atoms with Crippen molar-refractivity contribution in [3.63, 3.8) is 0 Å². The van der Waals surface area contributed by atoms with Gasteiger partial charge in [-0.05, 0) is 39.3 Å². The van der Waals surface area contributed by atoms with Gasteiger partial charge in [0.15, 0.2) is 0 Å². The fourth-order valence-corrected chi connectivity index (χ4v) is 2.07. The Labute approximate surface area is 91.4 Å². The number of aliphatic hydroxyl groups excluding tert-OH is 1. The zero-order valence-electron chi connectivity index (χ0n) is 9.68. The Balaban J connectivity index is 2.52. The minimum Gasteiger partial charge on any atom is -0.392 e. The highest BCUT2D eigenvalue weighted by atomic mass is 16.3. The molecule has 1 atom stereocenters. The molecule has 0 unspecified atom stereocenters. The van der Waals surface area contributed by atoms with E-state index in [2.05, 4.69) is 17.6 Å². The van der Waals surface area contributed by atoms with Gasteiger partial charge in [0.25, 0.3) is 0 Å². The number of rotatable bonds is 4. The Morgan fingerprint density at radius 2 is 2.13 bits per heavy atom. The fourth-order valence-electron chi connectivity index (χ4n) is 2.07. The molecule has 1 heterocycles. The molecule has 0 bridgehead atoms. The van der Waals surface area contributed by atoms with Crippen molar-refractivity contribution in [1.82, 2.24) is 10.6 Å². The lowest BCUT2D eigenvalue weighted by atomic mass is 9.76. The average molecular weight is 214 g/mol. The zero-order valence-corrected chi connectivity index (χ0v) is 9.68. The van der Waals surface area contributed by atoms with E-state index in [-0.39, 0.29) is 11.3 Å². The van der Waals surface area contributed by atoms with E-state index in [1.165, 1.54) is 0 Å². The molecule has 0 saturated carbocycles. The summed E-state index contributed by atoms with van der Waals surface area (Å²) >= 11 is 0. The molecule has 0 spiro atoms. The summed E-state index contributed by atoms with van der Waals surface area (Å²) < 4.78 is 0. The number of piperidine rings is 1. The lowest BCUT2D eigenvalue weighted by molar-refractivity contribution is -0.133. The Bertz CT molecular complexity index is 211. The van der Waals surface area contributed by atoms with E-state index in [4.69, 9.17) is 5.11 Å². The molecule has 1 saturated heterocycles. The van der Waals surface area contributed by atoms with Gasteiger partial charge in [0, 0.05) is 6.54 Å². The molecule has 0 radical (unpaired) electrons. The van der Waals surface area contributed by atoms with Gasteiger partial charge >= 0.3 is 0 Å². The third-order valence-corrected chi connectivity index (χ3v) is 3.28. The first-order chi connectivity index (χ1) is 7.10. The molecule has 0 aromatic rings. The molecule has 0 aromatic heterocycles. The maximum atomic E-state index is 12.0. The number of nitrogens with one attached hydrogen (secondary N) is 2. The van der Waals surface area contributed by atoms with Gasteiger partial charge in [-0.3, -0.25) is 4.79 Å². The van der Waals surface area contributed by atoms with Crippen molar-refractivity contribution in [2.24, 2.45) is 5.41 Å². The predicted molar refractivity (Wildman–Crippen MR) is 59.5 cm³/mol. The minimum absolute atomic E-state index is 0.104. The zero-order chi connectivity index (χ0) is 11.3. The van der Waals surface area contributed by atoms with Crippen molar-refractivity contribution in [2.75, 3.05) is 19.6 Å². The van der Waals surface area contributed by atoms with E-state index >= 15 is 0 Å². The third-order valence-electron chi connectivity index (χ3n) is 3.28. The molecule has 1 fully saturated rings. The van der Waals surface area contributed by atoms with Crippen molar-refractivity contribution in [3.05, 3.63) is 0 Å². The first kappa shape index (κ1) is 12.5. The monoisotopic (exact) mass is 214 g/mol. The van der Waals surface area contributed by atoms with Crippen LogP contribution in [0.2, 0.25) is 0 Å². The van der Waals surface area contributed by atoms with Gasteiger partial charge in [0.2, 0.25) is 5.91 Å². The van der Waals surface area contributed by atoms with Crippen LogP contribution < -0.4 is 10.6 Å². The highest BCUT2D eigenvalue weighted by Gasteiger charge is 2.37. The van der Waals surface area contributed by atoms with E-state index < -0.39 is 6.10 Å². The van der Waals surface area contributed by atoms with Crippen molar-refractivity contribution < 1.29 is 9.90 Å². The van der Waals surface area contributed by atoms with Gasteiger partial charge < -0.3 is 15.7 Å². The summed E-state index contributed by atoms with van der Waals surface area (Å²) in [6.45, 7) is 5.93. The summed E-state index contributed by atoms with van der Waals surface area (Å²) in [4.78, 5) is 12.0. The van der Waals surface area contributed by atoms with Crippen LogP contribution in [0, 0.1) is 5.41 Å². The summed E-state index contributed by atoms with van der Waals surface area (Å²) in [5.41, 5.74) is -0.208. The first-order valence-electron chi connectivity index (χ1n) is 5.78. The quantitative estimate of drug-likeness (QED) is 0.629. The Kier molecular flexibility index (Phi) is 4.54. The molecule has 3 N–H and O–H groups in total. The Morgan fingerprint density at radius 1 is 1.53 bits per heavy atom. The standard InChI is InChI=1S/C11H22N2O2/c1-3-11(4-6-12-7-5-11)10(15)13-8-9(2)14/h9,12,14H,3-8H2,1-2H3,(H,13,15)/t9-/m0/s1. The van der Waals surface area contributed by atoms with Crippen LogP contribution in [-0.2, 0) is 4.79 Å². The largest absolute Gasteiger partial charge is 0.392 e. The van der Waals surface area contributed by atoms with Crippen LogP contribution in [0.15, 0.2) is 0 Å². The van der Waals surface area contributed by atoms with E-state index in [1.54, 1.807) is 6.92 Å². The molecule has 15 heavy (non-hydrogen) atoms. The smallest absolute Gasteiger partial charge is 0.226 e. The SMILES string of the molecule is CCC1(C(=O)NC[C@H](C)O)CCNCC1. The van der Waals surface area contributed by atoms with Gasteiger partial charge in [-0.1, -0.05) is 6.92 Å². The highest BCUT2D eigenvalue weighted by Crippen LogP contribution is 2.32. The number of carbonyl (C=O) groups is 1. The molecule has 4 nitrogen and oxygen atoms in total. The summed E-state index contributed by atoms with van der Waals surface area (Å²) in [7, 11) is 0. The molecule has 1 rings (SSSR count). The van der Waals surface area contributed by atoms with Gasteiger partial charge in [0.1, 0.15) is 0 Å². The van der Waals surface area contributed by atoms with E-state index in [1.807, 2.05) is 0 Å². The van der Waals surface area contributed by atoms with Crippen LogP contribution in [0.25, 0.3) is 0 Å². The lowest BCUT2D eigenvalue weighted by Gasteiger charge is -2.35. The molecule has 0 aliphatic carbocycles. The minimum atomic E-state index is -0.468. The van der Waals surface area contributed by atoms with Crippen molar-refractivity contribution >= 4 is 5.91 Å². The lowest BCUT2D eigenvalue weighted by Crippen LogP contribution is -2.48. The summed E-state index contributed by atoms with van der Waals surface area (Å²) in [6, 6.07) is 0. The molecular weight excluding hydrogens is 192 g/mol. The summed E-state index contributed by atoms with van der Waals surface area (Å²) in [5, 5.41) is 15.2. The summed E-state index contributed by atoms with van der Waals surface area (Å²) in [6.07, 6.45) is 2.20. The van der Waals surface area contributed by atoms with Crippen molar-refractivity contribution in [1.29, 1.82) is 0 Å². The molecule has 1 aliphatic heterocycles. The van der Waals surface area contributed by atoms with Crippen LogP contribution in [-0.4, -0.2) is 36.8 Å². The topological polar surface area (TPSA) is 61.4 Å². The molecule has 88 valence electrons. The van der Waals surface area contributed by atoms with Gasteiger partial charge in [0.05, 0.1) is 11.5 Å². The van der Waals surface area contributed by atoms with Crippen molar-refractivity contribution in [3.8, 4) is 0 Å². The molecule has 0 aromatic carbocycles. The fraction of sp³-hybridized carbons (Fsp3) is 0.909. The Morgan fingerprint density at radius 3 is 2.60 bits per heavy atom. The molecule has 4 heteroatoms. The van der Waals surface area contributed by atoms with Crippen LogP contribution in [0.4, 0.5) is 0 Å². The predicted octanol–water partition coefficient (Wildman–Crippen LogP) is 0.263. The number of hydrogen-bond donors (Lipinski definition) is 3. The maximum Gasteiger partial charge on any atom is 0.226 e. The maximum absolute atomic E-state index is 12.0. The molecule has 1 amide bonds. The van der Waals surface area contributed by atoms with Crippen LogP contribution in [0.5, 0.6) is 0 Å². The van der Waals surface area contributed by atoms with Crippen molar-refractivity contribution in [2.45, 2.75) is 39.2 Å². The number of aliphatic hydroxyl groups is 1. The van der Waals surface area contributed by atoms with Crippen LogP contribution in [0.3, 0.4) is 0 Å². The van der Waals surface area contributed by atoms with E-state index in [0.29, 0.717) is 6.54 Å². The second-order valence-electron chi connectivity index (χ2n) is 4.44. The third kappa shape index (κ3) is 3.18. The van der Waals surface area contributed by atoms with E-state index in [9.17, 15) is 4.79 Å². The van der Waals surface area contributed by atoms with Gasteiger partial charge in [-0.15, -0.1) is 0 Å². The Hall–Kier alpha value is -0.610. The summed E-state index contributed by atoms with van der Waals surface area (Å²) in [5.74, 6) is 0.104. The number of hydrogen-bond acceptors (Lipinski definition) is 3. The molecule has 1 aliphatic rings. The molecular formula is C11H22N2O2. The second kappa shape index (κ2) is 5.47.